The molecule has 2 aliphatic rings. The zero-order valence-corrected chi connectivity index (χ0v) is 23.3. The van der Waals surface area contributed by atoms with E-state index in [0.717, 1.165) is 17.2 Å². The van der Waals surface area contributed by atoms with E-state index in [4.69, 9.17) is 19.6 Å². The van der Waals surface area contributed by atoms with Gasteiger partial charge in [-0.05, 0) is 72.5 Å². The van der Waals surface area contributed by atoms with E-state index in [1.807, 2.05) is 39.0 Å². The number of fused-ring (bicyclic) bond motifs is 1. The summed E-state index contributed by atoms with van der Waals surface area (Å²) in [6.45, 7) is 11.5. The van der Waals surface area contributed by atoms with Crippen LogP contribution in [0.1, 0.15) is 58.1 Å². The number of carbonyl (C=O) groups is 1. The van der Waals surface area contributed by atoms with E-state index in [1.165, 1.54) is 22.3 Å². The lowest BCUT2D eigenvalue weighted by atomic mass is 9.99. The van der Waals surface area contributed by atoms with Crippen molar-refractivity contribution >= 4 is 39.8 Å². The third kappa shape index (κ3) is 6.27. The van der Waals surface area contributed by atoms with Gasteiger partial charge in [0.2, 0.25) is 5.17 Å². The number of nitrogens with zero attached hydrogens (tertiary/aromatic N) is 3. The lowest BCUT2D eigenvalue weighted by Crippen LogP contribution is -2.35. The molecule has 1 N–H and O–H groups in total. The van der Waals surface area contributed by atoms with Crippen LogP contribution >= 0.6 is 11.8 Å². The first kappa shape index (κ1) is 27.4. The van der Waals surface area contributed by atoms with Crippen LogP contribution in [0.15, 0.2) is 58.1 Å². The number of aliphatic imine (C=N–C) groups is 1. The maximum Gasteiger partial charge on any atom is 0.283 e. The summed E-state index contributed by atoms with van der Waals surface area (Å²) in [6.07, 6.45) is 2.74. The molecule has 4 rings (SSSR count). The van der Waals surface area contributed by atoms with Crippen molar-refractivity contribution in [2.45, 2.75) is 47.0 Å². The third-order valence-electron chi connectivity index (χ3n) is 6.21. The molecule has 1 unspecified atom stereocenters. The lowest BCUT2D eigenvalue weighted by Gasteiger charge is -2.20. The number of benzene rings is 2. The molecule has 0 radical (unpaired) electrons. The number of amidine groups is 2. The minimum absolute atomic E-state index is 0.00997. The standard InChI is InChI=1S/C29H34N4O4S/c1-6-19(5)21-9-11-22(12-10-21)36-14-15-37-24-13-8-20(17-25(24)35-7-2)16-23-26(30)33-29(31-27(23)34)38-28(32-33)18(3)4/h8-13,16-19,30H,6-7,14-15H2,1-5H3/b23-16+,30-26?. The predicted molar refractivity (Wildman–Crippen MR) is 154 cm³/mol. The van der Waals surface area contributed by atoms with Gasteiger partial charge in [-0.2, -0.15) is 15.1 Å². The average Bonchev–Trinajstić information content (AvgIpc) is 3.34. The van der Waals surface area contributed by atoms with Gasteiger partial charge in [0, 0.05) is 5.92 Å². The number of nitrogens with one attached hydrogen (secondary N) is 1. The molecular weight excluding hydrogens is 500 g/mol. The van der Waals surface area contributed by atoms with E-state index in [2.05, 4.69) is 36.1 Å². The van der Waals surface area contributed by atoms with Gasteiger partial charge in [0.25, 0.3) is 5.91 Å². The summed E-state index contributed by atoms with van der Waals surface area (Å²) in [7, 11) is 0. The van der Waals surface area contributed by atoms with Gasteiger partial charge in [-0.3, -0.25) is 10.2 Å². The SMILES string of the molecule is CCOc1cc(/C=C2\C(=N)N3N=C(C(C)C)SC3=NC2=O)ccc1OCCOc1ccc(C(C)CC)cc1. The maximum absolute atomic E-state index is 12.7. The minimum atomic E-state index is -0.457. The Morgan fingerprint density at radius 3 is 2.42 bits per heavy atom. The third-order valence-corrected chi connectivity index (χ3v) is 7.42. The zero-order chi connectivity index (χ0) is 27.2. The summed E-state index contributed by atoms with van der Waals surface area (Å²) in [6, 6.07) is 13.6. The highest BCUT2D eigenvalue weighted by Gasteiger charge is 2.36. The molecule has 2 aromatic carbocycles. The average molecular weight is 535 g/mol. The van der Waals surface area contributed by atoms with Crippen molar-refractivity contribution in [1.82, 2.24) is 5.01 Å². The van der Waals surface area contributed by atoms with E-state index in [1.54, 1.807) is 18.2 Å². The zero-order valence-electron chi connectivity index (χ0n) is 22.5. The summed E-state index contributed by atoms with van der Waals surface area (Å²) in [5.74, 6) is 2.20. The van der Waals surface area contributed by atoms with Gasteiger partial charge in [-0.15, -0.1) is 0 Å². The molecule has 0 spiro atoms. The van der Waals surface area contributed by atoms with Crippen molar-refractivity contribution in [2.75, 3.05) is 19.8 Å². The summed E-state index contributed by atoms with van der Waals surface area (Å²) in [5.41, 5.74) is 2.18. The predicted octanol–water partition coefficient (Wildman–Crippen LogP) is 6.33. The Morgan fingerprint density at radius 1 is 1.00 bits per heavy atom. The molecule has 0 saturated carbocycles. The number of hydrogen-bond donors (Lipinski definition) is 1. The van der Waals surface area contributed by atoms with Crippen molar-refractivity contribution in [1.29, 1.82) is 5.41 Å². The fourth-order valence-corrected chi connectivity index (χ4v) is 4.74. The summed E-state index contributed by atoms with van der Waals surface area (Å²) in [4.78, 5) is 16.9. The van der Waals surface area contributed by atoms with Crippen LogP contribution in [0, 0.1) is 11.3 Å². The molecule has 38 heavy (non-hydrogen) atoms. The van der Waals surface area contributed by atoms with Crippen LogP contribution in [0.5, 0.6) is 17.2 Å². The van der Waals surface area contributed by atoms with E-state index >= 15 is 0 Å². The first-order valence-electron chi connectivity index (χ1n) is 12.9. The number of hydrogen-bond acceptors (Lipinski definition) is 7. The number of hydrazone groups is 1. The second kappa shape index (κ2) is 12.3. The Kier molecular flexibility index (Phi) is 8.89. The number of ether oxygens (including phenoxy) is 3. The first-order chi connectivity index (χ1) is 18.3. The normalized spacial score (nSPS) is 16.9. The maximum atomic E-state index is 12.7. The highest BCUT2D eigenvalue weighted by molar-refractivity contribution is 8.27. The Bertz CT molecular complexity index is 1280. The van der Waals surface area contributed by atoms with Crippen LogP contribution in [-0.4, -0.2) is 46.8 Å². The van der Waals surface area contributed by atoms with Crippen LogP contribution < -0.4 is 14.2 Å². The Labute approximate surface area is 228 Å². The molecule has 2 aromatic rings. The van der Waals surface area contributed by atoms with Crippen molar-refractivity contribution in [3.63, 3.8) is 0 Å². The van der Waals surface area contributed by atoms with Crippen LogP contribution in [-0.2, 0) is 4.79 Å². The van der Waals surface area contributed by atoms with Gasteiger partial charge in [0.15, 0.2) is 17.3 Å². The molecule has 0 saturated heterocycles. The van der Waals surface area contributed by atoms with Crippen LogP contribution in [0.4, 0.5) is 0 Å². The van der Waals surface area contributed by atoms with E-state index < -0.39 is 5.91 Å². The molecule has 1 atom stereocenters. The molecule has 2 aliphatic heterocycles. The Balaban J connectivity index is 1.42. The second-order valence-corrected chi connectivity index (χ2v) is 10.3. The minimum Gasteiger partial charge on any atom is -0.490 e. The topological polar surface area (TPSA) is 96.6 Å². The molecule has 2 heterocycles. The van der Waals surface area contributed by atoms with Crippen LogP contribution in [0.3, 0.4) is 0 Å². The Hall–Kier alpha value is -3.59. The monoisotopic (exact) mass is 534 g/mol. The molecular formula is C29H34N4O4S. The van der Waals surface area contributed by atoms with Gasteiger partial charge in [0.05, 0.1) is 12.2 Å². The second-order valence-electron chi connectivity index (χ2n) is 9.33. The van der Waals surface area contributed by atoms with E-state index in [0.29, 0.717) is 48.0 Å². The molecule has 8 nitrogen and oxygen atoms in total. The molecule has 1 amide bonds. The number of carbonyl (C=O) groups excluding carboxylic acids is 1. The molecule has 0 aliphatic carbocycles. The van der Waals surface area contributed by atoms with Gasteiger partial charge in [-0.1, -0.05) is 45.9 Å². The van der Waals surface area contributed by atoms with Crippen molar-refractivity contribution < 1.29 is 19.0 Å². The first-order valence-corrected chi connectivity index (χ1v) is 13.7. The van der Waals surface area contributed by atoms with Gasteiger partial charge < -0.3 is 14.2 Å². The van der Waals surface area contributed by atoms with Crippen molar-refractivity contribution in [2.24, 2.45) is 16.0 Å². The highest BCUT2D eigenvalue weighted by Crippen LogP contribution is 2.33. The number of amides is 1. The summed E-state index contributed by atoms with van der Waals surface area (Å²) >= 11 is 1.33. The fourth-order valence-electron chi connectivity index (χ4n) is 3.85. The highest BCUT2D eigenvalue weighted by atomic mass is 32.2. The largest absolute Gasteiger partial charge is 0.490 e. The lowest BCUT2D eigenvalue weighted by molar-refractivity contribution is -0.114. The molecule has 0 bridgehead atoms. The molecule has 9 heteroatoms. The van der Waals surface area contributed by atoms with Crippen LogP contribution in [0.2, 0.25) is 0 Å². The van der Waals surface area contributed by atoms with Crippen molar-refractivity contribution in [3.8, 4) is 17.2 Å². The van der Waals surface area contributed by atoms with E-state index in [-0.39, 0.29) is 17.3 Å². The summed E-state index contributed by atoms with van der Waals surface area (Å²) < 4.78 is 17.6. The fraction of sp³-hybridized carbons (Fsp3) is 0.379. The number of thioether (sulfide) groups is 1. The molecule has 0 fully saturated rings. The Morgan fingerprint density at radius 2 is 1.74 bits per heavy atom. The van der Waals surface area contributed by atoms with Crippen molar-refractivity contribution in [3.05, 3.63) is 59.2 Å². The van der Waals surface area contributed by atoms with Gasteiger partial charge >= 0.3 is 0 Å². The molecule has 0 aromatic heterocycles. The quantitative estimate of drug-likeness (QED) is 0.267. The smallest absolute Gasteiger partial charge is 0.283 e. The molecule has 200 valence electrons. The van der Waals surface area contributed by atoms with E-state index in [9.17, 15) is 4.79 Å². The summed E-state index contributed by atoms with van der Waals surface area (Å²) in [5, 5.41) is 15.7. The van der Waals surface area contributed by atoms with Crippen LogP contribution in [0.25, 0.3) is 6.08 Å². The van der Waals surface area contributed by atoms with Gasteiger partial charge in [0.1, 0.15) is 24.0 Å². The van der Waals surface area contributed by atoms with Gasteiger partial charge in [-0.25, -0.2) is 0 Å². The number of rotatable bonds is 11.